The van der Waals surface area contributed by atoms with E-state index in [2.05, 4.69) is 31.6 Å². The Balaban J connectivity index is 0.00000470. The molecule has 0 radical (unpaired) electrons. The number of rotatable bonds is 24. The highest BCUT2D eigenvalue weighted by Crippen LogP contribution is 2.14. The summed E-state index contributed by atoms with van der Waals surface area (Å²) in [5.41, 5.74) is 22.4. The van der Waals surface area contributed by atoms with E-state index in [4.69, 9.17) is 32.8 Å². The summed E-state index contributed by atoms with van der Waals surface area (Å²) in [6, 6.07) is 0.883. The molecule has 0 bridgehead atoms. The van der Waals surface area contributed by atoms with Crippen molar-refractivity contribution in [2.45, 2.75) is 122 Å². The van der Waals surface area contributed by atoms with Gasteiger partial charge in [-0.3, -0.25) is 33.8 Å². The van der Waals surface area contributed by atoms with E-state index in [1.165, 1.54) is 6.92 Å². The number of primary amides is 1. The first-order valence-electron chi connectivity index (χ1n) is 19.0. The number of aliphatic carboxylic acids is 2. The van der Waals surface area contributed by atoms with Gasteiger partial charge in [0.2, 0.25) is 35.4 Å². The third-order valence-corrected chi connectivity index (χ3v) is 8.26. The van der Waals surface area contributed by atoms with E-state index in [1.54, 1.807) is 44.2 Å². The predicted molar refractivity (Wildman–Crippen MR) is 213 cm³/mol. The highest BCUT2D eigenvalue weighted by Gasteiger charge is 2.38. The third kappa shape index (κ3) is 23.4. The van der Waals surface area contributed by atoms with E-state index >= 15 is 0 Å². The Morgan fingerprint density at radius 1 is 0.672 bits per heavy atom. The van der Waals surface area contributed by atoms with Crippen LogP contribution < -0.4 is 49.5 Å². The number of hydrogen-bond donors (Lipinski definition) is 12. The molecule has 1 rings (SSSR count). The molecule has 6 amide bonds. The maximum Gasteiger partial charge on any atom is 0.490 e. The number of halogens is 3. The number of guanidine groups is 1. The molecule has 0 unspecified atom stereocenters. The fraction of sp³-hybridized carbons (Fsp3) is 0.595. The Morgan fingerprint density at radius 3 is 1.48 bits per heavy atom. The van der Waals surface area contributed by atoms with Crippen molar-refractivity contribution < 1.29 is 66.8 Å². The molecule has 344 valence electrons. The monoisotopic (exact) mass is 876 g/mol. The quantitative estimate of drug-likeness (QED) is 0.0307. The first kappa shape index (κ1) is 55.0. The summed E-state index contributed by atoms with van der Waals surface area (Å²) in [6.45, 7) is 8.66. The molecule has 0 aliphatic rings. The SMILES string of the molecule is CC(C)C[C@H](NC(=O)[C@H](CC(C)C)NC(=O)[C@H](Cc1ccccc1)NC(=O)[C@@H](N)[C@@H](C)O)C(=O)N[C@@H](CCCN=C(N)N)C(=O)N[C@@H](CC(N)=O)C(=O)O.O=C(O)C(F)(F)F. The fourth-order valence-corrected chi connectivity index (χ4v) is 5.21. The highest BCUT2D eigenvalue weighted by molar-refractivity contribution is 5.97. The summed E-state index contributed by atoms with van der Waals surface area (Å²) in [7, 11) is 0. The Bertz CT molecular complexity index is 1660. The number of amides is 6. The van der Waals surface area contributed by atoms with E-state index in [0.717, 1.165) is 0 Å². The maximum absolute atomic E-state index is 13.9. The lowest BCUT2D eigenvalue weighted by Crippen LogP contribution is -2.60. The van der Waals surface area contributed by atoms with Crippen LogP contribution in [0.15, 0.2) is 35.3 Å². The van der Waals surface area contributed by atoms with Crippen LogP contribution >= 0.6 is 0 Å². The lowest BCUT2D eigenvalue weighted by molar-refractivity contribution is -0.192. The standard InChI is InChI=1S/C35H58N10O9.C2HF3O2/c1-18(2)14-23(30(49)41-22(12-9-13-40-35(38)39)29(48)45-26(34(53)54)17-27(36)47)42-31(50)24(15-19(3)4)43-32(51)25(16-21-10-7-6-8-11-21)44-33(52)28(37)20(5)46;3-2(4,5)1(6)7/h6-8,10-11,18-20,22-26,28,46H,9,12-17,37H2,1-5H3,(H2,36,47)(H,41,49)(H,42,50)(H,43,51)(H,44,52)(H,45,48)(H,53,54)(H4,38,39,40);(H,6,7)/t20-,22+,23+,24+,25+,26+,28+;/m1./s1. The summed E-state index contributed by atoms with van der Waals surface area (Å²) in [5, 5.41) is 39.2. The van der Waals surface area contributed by atoms with Gasteiger partial charge in [-0.2, -0.15) is 13.2 Å². The van der Waals surface area contributed by atoms with Crippen molar-refractivity contribution in [3.05, 3.63) is 35.9 Å². The molecule has 0 aliphatic carbocycles. The lowest BCUT2D eigenvalue weighted by atomic mass is 9.98. The first-order chi connectivity index (χ1) is 28.2. The van der Waals surface area contributed by atoms with Gasteiger partial charge in [0.05, 0.1) is 12.5 Å². The molecule has 0 spiro atoms. The largest absolute Gasteiger partial charge is 0.490 e. The minimum atomic E-state index is -5.08. The first-order valence-corrected chi connectivity index (χ1v) is 19.0. The Hall–Kier alpha value is -6.04. The summed E-state index contributed by atoms with van der Waals surface area (Å²) in [4.78, 5) is 103. The van der Waals surface area contributed by atoms with Gasteiger partial charge in [0, 0.05) is 13.0 Å². The van der Waals surface area contributed by atoms with E-state index in [0.29, 0.717) is 5.56 Å². The van der Waals surface area contributed by atoms with E-state index in [9.17, 15) is 56.9 Å². The number of aliphatic hydroxyl groups excluding tert-OH is 1. The van der Waals surface area contributed by atoms with E-state index in [1.807, 2.05) is 13.8 Å². The van der Waals surface area contributed by atoms with Crippen molar-refractivity contribution in [2.75, 3.05) is 6.54 Å². The molecule has 1 aromatic rings. The molecule has 7 atom stereocenters. The second-order valence-corrected chi connectivity index (χ2v) is 14.8. The second kappa shape index (κ2) is 26.9. The Morgan fingerprint density at radius 2 is 1.08 bits per heavy atom. The molecule has 0 fully saturated rings. The van der Waals surface area contributed by atoms with Crippen LogP contribution in [0.4, 0.5) is 13.2 Å². The molecule has 1 aromatic carbocycles. The van der Waals surface area contributed by atoms with Crippen LogP contribution in [0.3, 0.4) is 0 Å². The molecule has 21 nitrogen and oxygen atoms in total. The van der Waals surface area contributed by atoms with Crippen LogP contribution in [-0.2, 0) is 44.8 Å². The minimum Gasteiger partial charge on any atom is -0.480 e. The Labute approximate surface area is 350 Å². The van der Waals surface area contributed by atoms with E-state index in [-0.39, 0.29) is 56.4 Å². The van der Waals surface area contributed by atoms with Crippen molar-refractivity contribution >= 4 is 53.3 Å². The van der Waals surface area contributed by atoms with Gasteiger partial charge in [-0.1, -0.05) is 58.0 Å². The van der Waals surface area contributed by atoms with Crippen LogP contribution in [0.1, 0.15) is 72.3 Å². The molecule has 0 saturated heterocycles. The van der Waals surface area contributed by atoms with Crippen molar-refractivity contribution in [1.29, 1.82) is 0 Å². The molecule has 0 aliphatic heterocycles. The summed E-state index contributed by atoms with van der Waals surface area (Å²) in [6.07, 6.45) is -6.59. The number of carboxylic acid groups (broad SMARTS) is 2. The number of carbonyl (C=O) groups is 8. The van der Waals surface area contributed by atoms with Crippen LogP contribution in [0.5, 0.6) is 0 Å². The number of nitrogens with one attached hydrogen (secondary N) is 5. The van der Waals surface area contributed by atoms with Gasteiger partial charge in [0.1, 0.15) is 36.3 Å². The van der Waals surface area contributed by atoms with Gasteiger partial charge in [-0.15, -0.1) is 0 Å². The van der Waals surface area contributed by atoms with Crippen LogP contribution in [0, 0.1) is 11.8 Å². The zero-order valence-electron chi connectivity index (χ0n) is 34.5. The topological polar surface area (TPSA) is 374 Å². The highest BCUT2D eigenvalue weighted by atomic mass is 19.4. The minimum absolute atomic E-state index is 0.0359. The molecule has 0 saturated carbocycles. The van der Waals surface area contributed by atoms with Crippen molar-refractivity contribution in [2.24, 2.45) is 39.8 Å². The number of benzene rings is 1. The van der Waals surface area contributed by atoms with Gasteiger partial charge in [0.25, 0.3) is 0 Å². The summed E-state index contributed by atoms with van der Waals surface area (Å²) >= 11 is 0. The maximum atomic E-state index is 13.9. The molecule has 24 heteroatoms. The van der Waals surface area contributed by atoms with Gasteiger partial charge in [-0.05, 0) is 50.0 Å². The van der Waals surface area contributed by atoms with Gasteiger partial charge >= 0.3 is 18.1 Å². The average Bonchev–Trinajstić information content (AvgIpc) is 3.13. The zero-order valence-corrected chi connectivity index (χ0v) is 34.5. The summed E-state index contributed by atoms with van der Waals surface area (Å²) < 4.78 is 31.7. The Kier molecular flexibility index (Phi) is 24.3. The van der Waals surface area contributed by atoms with Crippen LogP contribution in [0.2, 0.25) is 0 Å². The van der Waals surface area contributed by atoms with Crippen molar-refractivity contribution in [3.63, 3.8) is 0 Å². The van der Waals surface area contributed by atoms with Gasteiger partial charge in [0.15, 0.2) is 5.96 Å². The number of nitrogens with zero attached hydrogens (tertiary/aromatic N) is 1. The number of carbonyl (C=O) groups excluding carboxylic acids is 6. The van der Waals surface area contributed by atoms with Gasteiger partial charge in [-0.25, -0.2) is 9.59 Å². The lowest BCUT2D eigenvalue weighted by Gasteiger charge is -2.28. The second-order valence-electron chi connectivity index (χ2n) is 14.8. The zero-order chi connectivity index (χ0) is 47.2. The van der Waals surface area contributed by atoms with Crippen LogP contribution in [0.25, 0.3) is 0 Å². The number of nitrogens with two attached hydrogens (primary N) is 4. The van der Waals surface area contributed by atoms with Crippen LogP contribution in [-0.4, -0.2) is 124 Å². The molecule has 0 heterocycles. The number of aliphatic hydroxyl groups is 1. The smallest absolute Gasteiger partial charge is 0.480 e. The molecular weight excluding hydrogens is 817 g/mol. The predicted octanol–water partition coefficient (Wildman–Crippen LogP) is -1.90. The van der Waals surface area contributed by atoms with Crippen molar-refractivity contribution in [1.82, 2.24) is 26.6 Å². The van der Waals surface area contributed by atoms with Crippen molar-refractivity contribution in [3.8, 4) is 0 Å². The number of aliphatic imine (C=N–C) groups is 1. The number of carboxylic acids is 2. The molecule has 16 N–H and O–H groups in total. The fourth-order valence-electron chi connectivity index (χ4n) is 5.21. The molecular formula is C37H59F3N10O11. The van der Waals surface area contributed by atoms with Gasteiger partial charge < -0.3 is 64.8 Å². The van der Waals surface area contributed by atoms with E-state index < -0.39 is 102 Å². The molecule has 61 heavy (non-hydrogen) atoms. The number of hydrogen-bond acceptors (Lipinski definition) is 11. The third-order valence-electron chi connectivity index (χ3n) is 8.26. The average molecular weight is 877 g/mol. The molecule has 0 aromatic heterocycles. The normalized spacial score (nSPS) is 14.6. The summed E-state index contributed by atoms with van der Waals surface area (Å²) in [5.74, 6) is -9.64. The number of alkyl halides is 3.